The third kappa shape index (κ3) is 37.9. The number of rotatable bonds is 62. The Labute approximate surface area is 606 Å². The highest BCUT2D eigenvalue weighted by Crippen LogP contribution is 2.39. The summed E-state index contributed by atoms with van der Waals surface area (Å²) in [6, 6.07) is -2.62. The molecule has 590 valence electrons. The maximum absolute atomic E-state index is 13.5. The second-order valence-electron chi connectivity index (χ2n) is 28.9. The number of carbonyl (C=O) groups excluding carboxylic acids is 2. The average molecular weight is 1440 g/mol. The van der Waals surface area contributed by atoms with Crippen molar-refractivity contribution in [1.29, 1.82) is 0 Å². The molecule has 23 nitrogen and oxygen atoms in total. The second-order valence-corrected chi connectivity index (χ2v) is 28.9. The zero-order chi connectivity index (χ0) is 73.9. The number of carbonyl (C=O) groups is 3. The molecule has 0 aromatic rings. The van der Waals surface area contributed by atoms with Gasteiger partial charge in [-0.05, 0) is 51.4 Å². The molecular weight excluding hydrogens is 1300 g/mol. The van der Waals surface area contributed by atoms with Crippen LogP contribution in [0.15, 0.2) is 36.5 Å². The largest absolute Gasteiger partial charge is 0.477 e. The Morgan fingerprint density at radius 3 is 1.40 bits per heavy atom. The van der Waals surface area contributed by atoms with E-state index in [0.717, 1.165) is 58.3 Å². The molecule has 3 fully saturated rings. The third-order valence-corrected chi connectivity index (χ3v) is 20.1. The molecule has 0 aromatic carbocycles. The Kier molecular flexibility index (Phi) is 52.2. The van der Waals surface area contributed by atoms with Crippen LogP contribution in [0.2, 0.25) is 0 Å². The second kappa shape index (κ2) is 57.2. The first kappa shape index (κ1) is 92.2. The van der Waals surface area contributed by atoms with Crippen molar-refractivity contribution in [1.82, 2.24) is 10.6 Å². The predicted molar refractivity (Wildman–Crippen MR) is 389 cm³/mol. The molecule has 0 aliphatic carbocycles. The Hall–Kier alpha value is -3.05. The lowest BCUT2D eigenvalue weighted by Gasteiger charge is -2.50. The number of allylic oxidation sites excluding steroid dienone is 5. The van der Waals surface area contributed by atoms with Crippen LogP contribution in [-0.4, -0.2) is 215 Å². The van der Waals surface area contributed by atoms with E-state index >= 15 is 0 Å². The van der Waals surface area contributed by atoms with Crippen molar-refractivity contribution >= 4 is 17.8 Å². The summed E-state index contributed by atoms with van der Waals surface area (Å²) in [4.78, 5) is 38.6. The number of hydrogen-bond donors (Lipinski definition) is 14. The van der Waals surface area contributed by atoms with Crippen molar-refractivity contribution < 1.29 is 104 Å². The molecule has 0 spiro atoms. The fourth-order valence-electron chi connectivity index (χ4n) is 13.7. The molecule has 101 heavy (non-hydrogen) atoms. The summed E-state index contributed by atoms with van der Waals surface area (Å²) in [6.07, 6.45) is 34.9. The monoisotopic (exact) mass is 1440 g/mol. The van der Waals surface area contributed by atoms with Crippen molar-refractivity contribution in [2.24, 2.45) is 0 Å². The maximum atomic E-state index is 13.5. The summed E-state index contributed by atoms with van der Waals surface area (Å²) in [5.41, 5.74) is 0. The molecule has 18 atom stereocenters. The van der Waals surface area contributed by atoms with Crippen LogP contribution in [0.1, 0.15) is 303 Å². The highest BCUT2D eigenvalue weighted by molar-refractivity contribution is 5.77. The number of amides is 2. The number of unbranched alkanes of at least 4 members (excludes halogenated alkanes) is 38. The first-order chi connectivity index (χ1) is 48.9. The van der Waals surface area contributed by atoms with Crippen LogP contribution in [0.5, 0.6) is 0 Å². The number of nitrogens with one attached hydrogen (secondary N) is 2. The molecular formula is C78H142N2O21. The maximum Gasteiger partial charge on any atom is 0.364 e. The van der Waals surface area contributed by atoms with Crippen molar-refractivity contribution in [2.45, 2.75) is 413 Å². The SMILES string of the molecule is CCCCCCCCCCC/C=C\C/C=C\CCCCCCCCCCCCCCCCCCCC(=O)NC(COC1OC(CO)C(OC2OC(CO)C(O)C(OC3(C(=O)O)CC(O)C(NC(C)=O)C(C(O)C(O)CO)O3)C2O)C(O)C1O)C(O)/C=C/CCCCCCCCCCCCCC. The molecule has 3 saturated heterocycles. The van der Waals surface area contributed by atoms with E-state index in [1.165, 1.54) is 205 Å². The topological polar surface area (TPSA) is 373 Å². The minimum Gasteiger partial charge on any atom is -0.477 e. The normalized spacial score (nSPS) is 27.0. The summed E-state index contributed by atoms with van der Waals surface area (Å²) in [5.74, 6) is -6.14. The molecule has 3 aliphatic heterocycles. The molecule has 3 aliphatic rings. The van der Waals surface area contributed by atoms with Gasteiger partial charge in [-0.15, -0.1) is 0 Å². The quantitative estimate of drug-likeness (QED) is 0.0199. The van der Waals surface area contributed by atoms with E-state index in [4.69, 9.17) is 28.4 Å². The van der Waals surface area contributed by atoms with Gasteiger partial charge in [0.25, 0.3) is 5.79 Å². The van der Waals surface area contributed by atoms with Gasteiger partial charge in [-0.2, -0.15) is 0 Å². The van der Waals surface area contributed by atoms with Gasteiger partial charge in [0.1, 0.15) is 67.1 Å². The lowest BCUT2D eigenvalue weighted by molar-refractivity contribution is -0.386. The molecule has 0 bridgehead atoms. The minimum absolute atomic E-state index is 0.201. The van der Waals surface area contributed by atoms with Crippen molar-refractivity contribution in [3.05, 3.63) is 36.5 Å². The number of aliphatic carboxylic acids is 1. The van der Waals surface area contributed by atoms with Crippen LogP contribution in [0.25, 0.3) is 0 Å². The summed E-state index contributed by atoms with van der Waals surface area (Å²) in [7, 11) is 0. The predicted octanol–water partition coefficient (Wildman–Crippen LogP) is 10.1. The zero-order valence-corrected chi connectivity index (χ0v) is 62.3. The number of aliphatic hydroxyl groups is 11. The molecule has 0 radical (unpaired) electrons. The first-order valence-corrected chi connectivity index (χ1v) is 39.9. The molecule has 18 unspecified atom stereocenters. The number of carboxylic acids is 1. The Morgan fingerprint density at radius 1 is 0.525 bits per heavy atom. The van der Waals surface area contributed by atoms with Crippen LogP contribution < -0.4 is 10.6 Å². The number of ether oxygens (including phenoxy) is 6. The summed E-state index contributed by atoms with van der Waals surface area (Å²) >= 11 is 0. The van der Waals surface area contributed by atoms with E-state index < -0.39 is 155 Å². The molecule has 3 heterocycles. The average Bonchev–Trinajstić information content (AvgIpc) is 0.756. The molecule has 3 rings (SSSR count). The zero-order valence-electron chi connectivity index (χ0n) is 62.3. The minimum atomic E-state index is -3.08. The van der Waals surface area contributed by atoms with E-state index in [2.05, 4.69) is 48.8 Å². The van der Waals surface area contributed by atoms with E-state index in [0.29, 0.717) is 12.8 Å². The Balaban J connectivity index is 1.46. The van der Waals surface area contributed by atoms with Gasteiger partial charge in [-0.3, -0.25) is 9.59 Å². The fraction of sp³-hybridized carbons (Fsp3) is 0.885. The van der Waals surface area contributed by atoms with Crippen LogP contribution in [0.4, 0.5) is 0 Å². The van der Waals surface area contributed by atoms with Gasteiger partial charge in [0, 0.05) is 19.8 Å². The highest BCUT2D eigenvalue weighted by Gasteiger charge is 2.60. The van der Waals surface area contributed by atoms with Gasteiger partial charge >= 0.3 is 5.97 Å². The van der Waals surface area contributed by atoms with E-state index in [9.17, 15) is 75.7 Å². The number of hydrogen-bond acceptors (Lipinski definition) is 20. The summed E-state index contributed by atoms with van der Waals surface area (Å²) in [6.45, 7) is 2.15. The van der Waals surface area contributed by atoms with Gasteiger partial charge < -0.3 is 100 Å². The molecule has 0 aromatic heterocycles. The standard InChI is InChI=1S/C78H142N2O21/c1-4-6-8-10-12-14-16-18-20-21-22-23-24-25-26-27-28-29-30-31-32-33-34-35-36-37-38-40-42-44-46-48-50-52-65(88)80-59(60(85)51-49-47-45-43-41-39-19-17-15-13-11-9-7-5-2)57-96-75-70(92)69(91)72(64(56-83)98-75)99-76-71(93)74(68(90)63(55-82)97-76)101-78(77(94)95)53-61(86)66(79-58(3)84)73(100-78)67(89)62(87)54-81/h22-23,25-26,49,51,59-64,66-76,81-83,85-87,89-93H,4-21,24,27-48,50,52-57H2,1-3H3,(H,79,84)(H,80,88)(H,94,95)/b23-22-,26-25-,51-49+. The van der Waals surface area contributed by atoms with Crippen molar-refractivity contribution in [3.63, 3.8) is 0 Å². The lowest BCUT2D eigenvalue weighted by atomic mass is 9.88. The highest BCUT2D eigenvalue weighted by atomic mass is 16.8. The Morgan fingerprint density at radius 2 is 0.960 bits per heavy atom. The number of aliphatic hydroxyl groups excluding tert-OH is 11. The van der Waals surface area contributed by atoms with Crippen LogP contribution in [0, 0.1) is 0 Å². The molecule has 14 N–H and O–H groups in total. The van der Waals surface area contributed by atoms with Gasteiger partial charge in [0.15, 0.2) is 12.6 Å². The number of carboxylic acid groups (broad SMARTS) is 1. The summed E-state index contributed by atoms with van der Waals surface area (Å²) < 4.78 is 34.9. The van der Waals surface area contributed by atoms with Crippen LogP contribution in [-0.2, 0) is 42.8 Å². The van der Waals surface area contributed by atoms with Gasteiger partial charge in [0.2, 0.25) is 11.8 Å². The summed E-state index contributed by atoms with van der Waals surface area (Å²) in [5, 5.41) is 136. The van der Waals surface area contributed by atoms with E-state index in [-0.39, 0.29) is 12.3 Å². The van der Waals surface area contributed by atoms with E-state index in [1.807, 2.05) is 6.08 Å². The smallest absolute Gasteiger partial charge is 0.364 e. The Bertz CT molecular complexity index is 2160. The van der Waals surface area contributed by atoms with Crippen LogP contribution in [0.3, 0.4) is 0 Å². The van der Waals surface area contributed by atoms with Gasteiger partial charge in [-0.1, -0.05) is 269 Å². The third-order valence-electron chi connectivity index (χ3n) is 20.1. The van der Waals surface area contributed by atoms with E-state index in [1.54, 1.807) is 6.08 Å². The van der Waals surface area contributed by atoms with Crippen molar-refractivity contribution in [2.75, 3.05) is 26.4 Å². The lowest BCUT2D eigenvalue weighted by Crippen LogP contribution is -2.70. The first-order valence-electron chi connectivity index (χ1n) is 39.9. The molecule has 2 amide bonds. The van der Waals surface area contributed by atoms with Gasteiger partial charge in [-0.25, -0.2) is 4.79 Å². The van der Waals surface area contributed by atoms with Crippen molar-refractivity contribution in [3.8, 4) is 0 Å². The van der Waals surface area contributed by atoms with Gasteiger partial charge in [0.05, 0.1) is 50.7 Å². The molecule has 0 saturated carbocycles. The fourth-order valence-corrected chi connectivity index (χ4v) is 13.7. The molecule has 23 heteroatoms. The van der Waals surface area contributed by atoms with Crippen LogP contribution >= 0.6 is 0 Å².